The Morgan fingerprint density at radius 3 is 2.76 bits per heavy atom. The molecule has 0 spiro atoms. The van der Waals surface area contributed by atoms with E-state index in [4.69, 9.17) is 0 Å². The minimum Gasteiger partial charge on any atom is -0.345 e. The molecule has 1 aliphatic rings. The third-order valence-corrected chi connectivity index (χ3v) is 6.37. The molecule has 1 saturated heterocycles. The first kappa shape index (κ1) is 18.3. The average Bonchev–Trinajstić information content (AvgIpc) is 3.34. The van der Waals surface area contributed by atoms with Crippen molar-refractivity contribution < 1.29 is 9.18 Å². The molecule has 2 atom stereocenters. The van der Waals surface area contributed by atoms with Crippen LogP contribution >= 0.6 is 22.6 Å². The topological polar surface area (TPSA) is 66.8 Å². The van der Waals surface area contributed by atoms with E-state index in [1.54, 1.807) is 22.1 Å². The molecular formula is C21H17FIN5O. The number of H-pyrrole nitrogens is 1. The van der Waals surface area contributed by atoms with Crippen molar-refractivity contribution in [2.45, 2.75) is 13.0 Å². The summed E-state index contributed by atoms with van der Waals surface area (Å²) in [5.74, 6) is -0.618. The number of fused-ring (bicyclic) bond motifs is 1. The van der Waals surface area contributed by atoms with E-state index in [9.17, 15) is 4.79 Å². The number of carbonyl (C=O) groups excluding carboxylic acids is 1. The molecule has 0 saturated carbocycles. The Morgan fingerprint density at radius 2 is 2.03 bits per heavy atom. The van der Waals surface area contributed by atoms with E-state index in [2.05, 4.69) is 37.7 Å². The lowest BCUT2D eigenvalue weighted by Gasteiger charge is -2.46. The van der Waals surface area contributed by atoms with Crippen LogP contribution in [0, 0.1) is 15.3 Å². The zero-order valence-electron chi connectivity index (χ0n) is 15.7. The van der Waals surface area contributed by atoms with Crippen molar-refractivity contribution in [3.8, 4) is 11.1 Å². The van der Waals surface area contributed by atoms with Crippen molar-refractivity contribution in [2.75, 3.05) is 4.90 Å². The maximum atomic E-state index is 15.3. The van der Waals surface area contributed by atoms with Gasteiger partial charge in [0.05, 0.1) is 35.5 Å². The largest absolute Gasteiger partial charge is 0.345 e. The van der Waals surface area contributed by atoms with Gasteiger partial charge in [0.15, 0.2) is 0 Å². The monoisotopic (exact) mass is 501 g/mol. The van der Waals surface area contributed by atoms with Gasteiger partial charge in [-0.05, 0) is 58.5 Å². The highest BCUT2D eigenvalue weighted by molar-refractivity contribution is 14.1. The lowest BCUT2D eigenvalue weighted by molar-refractivity contribution is -0.129. The Kier molecular flexibility index (Phi) is 4.19. The van der Waals surface area contributed by atoms with Crippen LogP contribution in [-0.4, -0.2) is 25.7 Å². The van der Waals surface area contributed by atoms with Gasteiger partial charge in [-0.2, -0.15) is 5.10 Å². The van der Waals surface area contributed by atoms with E-state index in [0.717, 1.165) is 31.4 Å². The molecule has 8 heteroatoms. The van der Waals surface area contributed by atoms with Gasteiger partial charge in [-0.25, -0.2) is 9.37 Å². The molecule has 1 fully saturated rings. The van der Waals surface area contributed by atoms with E-state index in [0.29, 0.717) is 5.56 Å². The molecule has 1 amide bonds. The lowest BCUT2D eigenvalue weighted by Crippen LogP contribution is -2.54. The number of aromatic amines is 1. The first-order chi connectivity index (χ1) is 13.9. The van der Waals surface area contributed by atoms with Crippen LogP contribution in [0.2, 0.25) is 0 Å². The van der Waals surface area contributed by atoms with Crippen LogP contribution in [0.25, 0.3) is 22.2 Å². The summed E-state index contributed by atoms with van der Waals surface area (Å²) in [6, 6.07) is 8.73. The quantitative estimate of drug-likeness (QED) is 0.334. The molecule has 146 valence electrons. The minimum atomic E-state index is -0.349. The van der Waals surface area contributed by atoms with Crippen molar-refractivity contribution >= 4 is 45.2 Å². The summed E-state index contributed by atoms with van der Waals surface area (Å²) < 4.78 is 17.8. The number of benzene rings is 2. The summed E-state index contributed by atoms with van der Waals surface area (Å²) in [5, 5.41) is 4.16. The fourth-order valence-electron chi connectivity index (χ4n) is 3.98. The van der Waals surface area contributed by atoms with Crippen molar-refractivity contribution in [3.05, 3.63) is 64.0 Å². The van der Waals surface area contributed by atoms with Crippen LogP contribution in [0.3, 0.4) is 0 Å². The predicted octanol–water partition coefficient (Wildman–Crippen LogP) is 4.43. The SMILES string of the molecule is C[C@H]1C(=O)N(c2ccc3nc[nH]c3c2)[C@H]1c1c(F)cc(-c2cnn(C)c2)cc1I. The van der Waals surface area contributed by atoms with Gasteiger partial charge in [0.25, 0.3) is 0 Å². The Bertz CT molecular complexity index is 1240. The van der Waals surface area contributed by atoms with Gasteiger partial charge >= 0.3 is 0 Å². The van der Waals surface area contributed by atoms with Gasteiger partial charge in [-0.15, -0.1) is 0 Å². The van der Waals surface area contributed by atoms with Gasteiger partial charge in [-0.1, -0.05) is 6.92 Å². The molecule has 2 aromatic carbocycles. The molecule has 0 aliphatic carbocycles. The predicted molar refractivity (Wildman–Crippen MR) is 117 cm³/mol. The molecule has 3 heterocycles. The van der Waals surface area contributed by atoms with Crippen LogP contribution in [0.15, 0.2) is 49.1 Å². The van der Waals surface area contributed by atoms with Crippen LogP contribution < -0.4 is 4.90 Å². The number of imidazole rings is 1. The van der Waals surface area contributed by atoms with Crippen molar-refractivity contribution in [2.24, 2.45) is 13.0 Å². The number of anilines is 1. The van der Waals surface area contributed by atoms with Crippen LogP contribution in [0.5, 0.6) is 0 Å². The zero-order chi connectivity index (χ0) is 20.3. The summed E-state index contributed by atoms with van der Waals surface area (Å²) >= 11 is 2.16. The number of hydrogen-bond donors (Lipinski definition) is 1. The smallest absolute Gasteiger partial charge is 0.232 e. The van der Waals surface area contributed by atoms with Crippen LogP contribution in [0.4, 0.5) is 10.1 Å². The fourth-order valence-corrected chi connectivity index (χ4v) is 4.89. The van der Waals surface area contributed by atoms with Gasteiger partial charge in [0, 0.05) is 33.6 Å². The van der Waals surface area contributed by atoms with Crippen molar-refractivity contribution in [1.82, 2.24) is 19.7 Å². The van der Waals surface area contributed by atoms with E-state index in [1.807, 2.05) is 44.4 Å². The summed E-state index contributed by atoms with van der Waals surface area (Å²) in [7, 11) is 1.83. The number of nitrogens with zero attached hydrogens (tertiary/aromatic N) is 4. The molecule has 2 aromatic heterocycles. The standard InChI is InChI=1S/C21H17FIN5O/c1-11-20(28(21(11)29)14-3-4-17-18(7-14)25-10-24-17)19-15(22)5-12(6-16(19)23)13-8-26-27(2)9-13/h3-11,20H,1-2H3,(H,24,25)/t11-,20-/m1/s1. The maximum Gasteiger partial charge on any atom is 0.232 e. The van der Waals surface area contributed by atoms with E-state index >= 15 is 4.39 Å². The first-order valence-corrected chi connectivity index (χ1v) is 10.3. The molecule has 1 aliphatic heterocycles. The normalized spacial score (nSPS) is 19.0. The van der Waals surface area contributed by atoms with E-state index in [1.165, 1.54) is 6.07 Å². The second kappa shape index (κ2) is 6.65. The highest BCUT2D eigenvalue weighted by atomic mass is 127. The Morgan fingerprint density at radius 1 is 1.21 bits per heavy atom. The second-order valence-electron chi connectivity index (χ2n) is 7.30. The second-order valence-corrected chi connectivity index (χ2v) is 8.46. The minimum absolute atomic E-state index is 0.0135. The maximum absolute atomic E-state index is 15.3. The van der Waals surface area contributed by atoms with Gasteiger partial charge in [-0.3, -0.25) is 9.48 Å². The van der Waals surface area contributed by atoms with Crippen LogP contribution in [-0.2, 0) is 11.8 Å². The molecule has 0 unspecified atom stereocenters. The van der Waals surface area contributed by atoms with E-state index < -0.39 is 0 Å². The molecular weight excluding hydrogens is 484 g/mol. The number of nitrogens with one attached hydrogen (secondary N) is 1. The molecule has 4 aromatic rings. The lowest BCUT2D eigenvalue weighted by atomic mass is 9.82. The molecule has 5 rings (SSSR count). The number of amides is 1. The number of aromatic nitrogens is 4. The van der Waals surface area contributed by atoms with Crippen molar-refractivity contribution in [1.29, 1.82) is 0 Å². The molecule has 0 radical (unpaired) electrons. The van der Waals surface area contributed by atoms with Gasteiger partial charge in [0.1, 0.15) is 5.82 Å². The fraction of sp³-hybridized carbons (Fsp3) is 0.190. The summed E-state index contributed by atoms with van der Waals surface area (Å²) in [6.45, 7) is 1.85. The number of β-lactam (4-membered cyclic amide) rings is 1. The summed E-state index contributed by atoms with van der Waals surface area (Å²) in [6.07, 6.45) is 5.18. The number of hydrogen-bond acceptors (Lipinski definition) is 3. The Hall–Kier alpha value is -2.75. The number of carbonyl (C=O) groups is 1. The summed E-state index contributed by atoms with van der Waals surface area (Å²) in [5.41, 5.74) is 4.59. The molecule has 6 nitrogen and oxygen atoms in total. The summed E-state index contributed by atoms with van der Waals surface area (Å²) in [4.78, 5) is 21.7. The zero-order valence-corrected chi connectivity index (χ0v) is 17.9. The first-order valence-electron chi connectivity index (χ1n) is 9.18. The molecule has 29 heavy (non-hydrogen) atoms. The van der Waals surface area contributed by atoms with E-state index in [-0.39, 0.29) is 23.7 Å². The third-order valence-electron chi connectivity index (χ3n) is 5.47. The Labute approximate surface area is 179 Å². The van der Waals surface area contributed by atoms with Crippen LogP contribution in [0.1, 0.15) is 18.5 Å². The van der Waals surface area contributed by atoms with Crippen molar-refractivity contribution in [3.63, 3.8) is 0 Å². The average molecular weight is 501 g/mol. The highest BCUT2D eigenvalue weighted by Gasteiger charge is 2.48. The Balaban J connectivity index is 1.57. The number of rotatable bonds is 3. The highest BCUT2D eigenvalue weighted by Crippen LogP contribution is 2.46. The van der Waals surface area contributed by atoms with Gasteiger partial charge < -0.3 is 9.88 Å². The van der Waals surface area contributed by atoms with Gasteiger partial charge in [0.2, 0.25) is 5.91 Å². The molecule has 0 bridgehead atoms. The number of aryl methyl sites for hydroxylation is 1. The number of halogens is 2. The molecule has 1 N–H and O–H groups in total. The third kappa shape index (κ3) is 2.85.